The van der Waals surface area contributed by atoms with Crippen molar-refractivity contribution in [3.05, 3.63) is 35.4 Å². The number of rotatable bonds is 3. The molecule has 1 aliphatic heterocycles. The number of aliphatic carboxylic acids is 1. The Morgan fingerprint density at radius 1 is 1.37 bits per heavy atom. The standard InChI is InChI=1S/C14H16N2O3/c15-13(19)14(7-10(14)12(17)18)11-9-4-2-1-3-8(9)5-6-16-11/h1-4,10-11,16H,5-7H2,(H2,15,19)(H,17,18). The minimum absolute atomic E-state index is 0.281. The Kier molecular flexibility index (Phi) is 2.60. The molecule has 3 unspecified atom stereocenters. The molecule has 0 radical (unpaired) electrons. The number of hydrogen-bond donors (Lipinski definition) is 3. The van der Waals surface area contributed by atoms with Crippen LogP contribution in [-0.4, -0.2) is 23.5 Å². The van der Waals surface area contributed by atoms with Crippen LogP contribution in [0.15, 0.2) is 24.3 Å². The van der Waals surface area contributed by atoms with Crippen LogP contribution < -0.4 is 11.1 Å². The number of fused-ring (bicyclic) bond motifs is 1. The van der Waals surface area contributed by atoms with Gasteiger partial charge >= 0.3 is 5.97 Å². The summed E-state index contributed by atoms with van der Waals surface area (Å²) in [5.74, 6) is -2.13. The third-order valence-electron chi connectivity index (χ3n) is 4.38. The molecule has 3 rings (SSSR count). The smallest absolute Gasteiger partial charge is 0.307 e. The van der Waals surface area contributed by atoms with Gasteiger partial charge in [-0.1, -0.05) is 24.3 Å². The highest BCUT2D eigenvalue weighted by molar-refractivity contribution is 5.93. The van der Waals surface area contributed by atoms with Gasteiger partial charge in [0.05, 0.1) is 11.3 Å². The van der Waals surface area contributed by atoms with E-state index >= 15 is 0 Å². The fraction of sp³-hybridized carbons (Fsp3) is 0.429. The molecule has 1 aromatic carbocycles. The molecule has 100 valence electrons. The van der Waals surface area contributed by atoms with Gasteiger partial charge in [-0.25, -0.2) is 0 Å². The average Bonchev–Trinajstić information content (AvgIpc) is 3.15. The van der Waals surface area contributed by atoms with E-state index < -0.39 is 23.2 Å². The van der Waals surface area contributed by atoms with Crippen LogP contribution in [0.4, 0.5) is 0 Å². The van der Waals surface area contributed by atoms with Crippen LogP contribution in [0.2, 0.25) is 0 Å². The van der Waals surface area contributed by atoms with Crippen molar-refractivity contribution in [2.75, 3.05) is 6.54 Å². The lowest BCUT2D eigenvalue weighted by atomic mass is 9.82. The molecular weight excluding hydrogens is 244 g/mol. The zero-order valence-electron chi connectivity index (χ0n) is 10.4. The van der Waals surface area contributed by atoms with Crippen molar-refractivity contribution in [3.8, 4) is 0 Å². The monoisotopic (exact) mass is 260 g/mol. The average molecular weight is 260 g/mol. The second-order valence-corrected chi connectivity index (χ2v) is 5.34. The summed E-state index contributed by atoms with van der Waals surface area (Å²) in [6.07, 6.45) is 1.21. The summed E-state index contributed by atoms with van der Waals surface area (Å²) >= 11 is 0. The number of benzene rings is 1. The number of hydrogen-bond acceptors (Lipinski definition) is 3. The van der Waals surface area contributed by atoms with Gasteiger partial charge in [-0.3, -0.25) is 9.59 Å². The van der Waals surface area contributed by atoms with Gasteiger partial charge in [0.25, 0.3) is 0 Å². The Morgan fingerprint density at radius 3 is 2.74 bits per heavy atom. The number of amides is 1. The number of nitrogens with one attached hydrogen (secondary N) is 1. The van der Waals surface area contributed by atoms with Crippen LogP contribution >= 0.6 is 0 Å². The number of nitrogens with two attached hydrogens (primary N) is 1. The lowest BCUT2D eigenvalue weighted by molar-refractivity contribution is -0.142. The molecule has 5 nitrogen and oxygen atoms in total. The zero-order valence-corrected chi connectivity index (χ0v) is 10.4. The summed E-state index contributed by atoms with van der Waals surface area (Å²) in [5, 5.41) is 12.5. The molecule has 1 heterocycles. The van der Waals surface area contributed by atoms with E-state index in [1.165, 1.54) is 5.56 Å². The second kappa shape index (κ2) is 4.06. The Morgan fingerprint density at radius 2 is 2.11 bits per heavy atom. The van der Waals surface area contributed by atoms with Crippen molar-refractivity contribution in [2.24, 2.45) is 17.1 Å². The molecular formula is C14H16N2O3. The molecule has 19 heavy (non-hydrogen) atoms. The molecule has 2 aliphatic rings. The topological polar surface area (TPSA) is 92.4 Å². The van der Waals surface area contributed by atoms with Crippen molar-refractivity contribution >= 4 is 11.9 Å². The van der Waals surface area contributed by atoms with Crippen LogP contribution in [0.1, 0.15) is 23.6 Å². The third kappa shape index (κ3) is 1.65. The van der Waals surface area contributed by atoms with Gasteiger partial charge in [-0.05, 0) is 30.5 Å². The van der Waals surface area contributed by atoms with E-state index in [4.69, 9.17) is 5.73 Å². The predicted molar refractivity (Wildman–Crippen MR) is 68.3 cm³/mol. The van der Waals surface area contributed by atoms with Gasteiger partial charge < -0.3 is 16.2 Å². The lowest BCUT2D eigenvalue weighted by Gasteiger charge is -2.32. The van der Waals surface area contributed by atoms with Gasteiger partial charge in [0, 0.05) is 6.04 Å². The van der Waals surface area contributed by atoms with Gasteiger partial charge in [-0.15, -0.1) is 0 Å². The molecule has 1 fully saturated rings. The summed E-state index contributed by atoms with van der Waals surface area (Å²) in [5.41, 5.74) is 6.72. The first kappa shape index (κ1) is 12.2. The van der Waals surface area contributed by atoms with Crippen molar-refractivity contribution in [1.29, 1.82) is 0 Å². The number of carbonyl (C=O) groups is 2. The first-order chi connectivity index (χ1) is 9.07. The van der Waals surface area contributed by atoms with E-state index in [2.05, 4.69) is 5.32 Å². The van der Waals surface area contributed by atoms with Crippen molar-refractivity contribution in [3.63, 3.8) is 0 Å². The number of primary amides is 1. The normalized spacial score (nSPS) is 32.4. The predicted octanol–water partition coefficient (Wildman–Crippen LogP) is 0.450. The molecule has 0 saturated heterocycles. The quantitative estimate of drug-likeness (QED) is 0.735. The van der Waals surface area contributed by atoms with Crippen molar-refractivity contribution in [1.82, 2.24) is 5.32 Å². The maximum Gasteiger partial charge on any atom is 0.307 e. The van der Waals surface area contributed by atoms with Gasteiger partial charge in [-0.2, -0.15) is 0 Å². The summed E-state index contributed by atoms with van der Waals surface area (Å²) in [7, 11) is 0. The number of carboxylic acids is 1. The minimum atomic E-state index is -0.970. The van der Waals surface area contributed by atoms with Crippen molar-refractivity contribution < 1.29 is 14.7 Å². The Bertz CT molecular complexity index is 557. The lowest BCUT2D eigenvalue weighted by Crippen LogP contribution is -2.43. The van der Waals surface area contributed by atoms with Crippen LogP contribution in [0.25, 0.3) is 0 Å². The minimum Gasteiger partial charge on any atom is -0.481 e. The van der Waals surface area contributed by atoms with E-state index in [9.17, 15) is 14.7 Å². The SMILES string of the molecule is NC(=O)C1(C2NCCc3ccccc32)CC1C(=O)O. The van der Waals surface area contributed by atoms with Crippen molar-refractivity contribution in [2.45, 2.75) is 18.9 Å². The Hall–Kier alpha value is -1.88. The molecule has 1 aromatic rings. The zero-order chi connectivity index (χ0) is 13.6. The fourth-order valence-electron chi connectivity index (χ4n) is 3.28. The van der Waals surface area contributed by atoms with E-state index in [1.54, 1.807) is 0 Å². The molecule has 4 N–H and O–H groups in total. The summed E-state index contributed by atoms with van der Waals surface area (Å²) in [6, 6.07) is 7.56. The molecule has 3 atom stereocenters. The van der Waals surface area contributed by atoms with E-state index in [-0.39, 0.29) is 6.04 Å². The van der Waals surface area contributed by atoms with E-state index in [0.29, 0.717) is 6.42 Å². The number of carboxylic acid groups (broad SMARTS) is 1. The molecule has 1 amide bonds. The van der Waals surface area contributed by atoms with E-state index in [1.807, 2.05) is 24.3 Å². The van der Waals surface area contributed by atoms with Crippen LogP contribution in [-0.2, 0) is 16.0 Å². The number of carbonyl (C=O) groups excluding carboxylic acids is 1. The first-order valence-corrected chi connectivity index (χ1v) is 6.41. The highest BCUT2D eigenvalue weighted by Gasteiger charge is 2.67. The largest absolute Gasteiger partial charge is 0.481 e. The highest BCUT2D eigenvalue weighted by atomic mass is 16.4. The molecule has 0 aromatic heterocycles. The van der Waals surface area contributed by atoms with E-state index in [0.717, 1.165) is 18.5 Å². The molecule has 1 saturated carbocycles. The van der Waals surface area contributed by atoms with Crippen LogP contribution in [0, 0.1) is 11.3 Å². The van der Waals surface area contributed by atoms with Crippen LogP contribution in [0.5, 0.6) is 0 Å². The van der Waals surface area contributed by atoms with Gasteiger partial charge in [0.1, 0.15) is 0 Å². The summed E-state index contributed by atoms with van der Waals surface area (Å²) in [6.45, 7) is 0.739. The molecule has 0 spiro atoms. The summed E-state index contributed by atoms with van der Waals surface area (Å²) < 4.78 is 0. The second-order valence-electron chi connectivity index (χ2n) is 5.34. The van der Waals surface area contributed by atoms with Crippen LogP contribution in [0.3, 0.4) is 0 Å². The molecule has 0 bridgehead atoms. The third-order valence-corrected chi connectivity index (χ3v) is 4.38. The summed E-state index contributed by atoms with van der Waals surface area (Å²) in [4.78, 5) is 23.0. The fourth-order valence-corrected chi connectivity index (χ4v) is 3.28. The maximum atomic E-state index is 11.8. The maximum absolute atomic E-state index is 11.8. The Balaban J connectivity index is 2.03. The highest BCUT2D eigenvalue weighted by Crippen LogP contribution is 2.61. The Labute approximate surface area is 110 Å². The first-order valence-electron chi connectivity index (χ1n) is 6.41. The van der Waals surface area contributed by atoms with Gasteiger partial charge in [0.15, 0.2) is 0 Å². The molecule has 5 heteroatoms. The van der Waals surface area contributed by atoms with Gasteiger partial charge in [0.2, 0.25) is 5.91 Å². The molecule has 1 aliphatic carbocycles.